The van der Waals surface area contributed by atoms with E-state index in [0.29, 0.717) is 6.54 Å². The molecular formula is C12H16N2O4. The van der Waals surface area contributed by atoms with Crippen LogP contribution in [0.1, 0.15) is 36.2 Å². The summed E-state index contributed by atoms with van der Waals surface area (Å²) in [6.45, 7) is 0.646. The van der Waals surface area contributed by atoms with Gasteiger partial charge in [-0.05, 0) is 19.3 Å². The van der Waals surface area contributed by atoms with Gasteiger partial charge in [-0.1, -0.05) is 5.16 Å². The van der Waals surface area contributed by atoms with Gasteiger partial charge in [-0.2, -0.15) is 0 Å². The first kappa shape index (κ1) is 12.6. The van der Waals surface area contributed by atoms with Gasteiger partial charge in [-0.25, -0.2) is 0 Å². The lowest BCUT2D eigenvalue weighted by Gasteiger charge is -2.34. The number of aromatic nitrogens is 1. The standard InChI is InChI=1S/C12H16N2O4/c1-17-11(15)8-9-4-2-3-6-14(9)12(16)10-5-7-18-13-10/h5,7,9H,2-4,6,8H2,1H3. The summed E-state index contributed by atoms with van der Waals surface area (Å²) < 4.78 is 9.34. The maximum atomic E-state index is 12.2. The first-order valence-electron chi connectivity index (χ1n) is 6.00. The topological polar surface area (TPSA) is 72.6 Å². The molecule has 18 heavy (non-hydrogen) atoms. The fourth-order valence-corrected chi connectivity index (χ4v) is 2.23. The molecule has 0 aliphatic carbocycles. The van der Waals surface area contributed by atoms with Crippen LogP contribution in [0.15, 0.2) is 16.9 Å². The number of ether oxygens (including phenoxy) is 1. The van der Waals surface area contributed by atoms with Gasteiger partial charge in [-0.15, -0.1) is 0 Å². The summed E-state index contributed by atoms with van der Waals surface area (Å²) in [7, 11) is 1.36. The molecule has 2 rings (SSSR count). The molecular weight excluding hydrogens is 236 g/mol. The molecule has 0 N–H and O–H groups in total. The summed E-state index contributed by atoms with van der Waals surface area (Å²) >= 11 is 0. The molecule has 98 valence electrons. The lowest BCUT2D eigenvalue weighted by molar-refractivity contribution is -0.142. The Morgan fingerprint density at radius 3 is 3.06 bits per heavy atom. The first-order chi connectivity index (χ1) is 8.72. The predicted molar refractivity (Wildman–Crippen MR) is 61.8 cm³/mol. The van der Waals surface area contributed by atoms with Crippen LogP contribution in [-0.4, -0.2) is 41.6 Å². The Labute approximate surface area is 105 Å². The second-order valence-corrected chi connectivity index (χ2v) is 4.31. The number of esters is 1. The highest BCUT2D eigenvalue weighted by Crippen LogP contribution is 2.21. The fourth-order valence-electron chi connectivity index (χ4n) is 2.23. The van der Waals surface area contributed by atoms with Gasteiger partial charge in [0.2, 0.25) is 0 Å². The smallest absolute Gasteiger partial charge is 0.307 e. The average molecular weight is 252 g/mol. The molecule has 1 saturated heterocycles. The fraction of sp³-hybridized carbons (Fsp3) is 0.583. The summed E-state index contributed by atoms with van der Waals surface area (Å²) in [6, 6.07) is 1.43. The molecule has 1 atom stereocenters. The number of hydrogen-bond acceptors (Lipinski definition) is 5. The number of carbonyl (C=O) groups excluding carboxylic acids is 2. The van der Waals surface area contributed by atoms with E-state index in [-0.39, 0.29) is 30.0 Å². The Morgan fingerprint density at radius 2 is 2.39 bits per heavy atom. The van der Waals surface area contributed by atoms with E-state index >= 15 is 0 Å². The van der Waals surface area contributed by atoms with Crippen LogP contribution in [0.2, 0.25) is 0 Å². The lowest BCUT2D eigenvalue weighted by atomic mass is 9.99. The third-order valence-corrected chi connectivity index (χ3v) is 3.17. The van der Waals surface area contributed by atoms with Gasteiger partial charge in [0, 0.05) is 18.7 Å². The third kappa shape index (κ3) is 2.69. The molecule has 0 radical (unpaired) electrons. The highest BCUT2D eigenvalue weighted by Gasteiger charge is 2.30. The Hall–Kier alpha value is -1.85. The minimum Gasteiger partial charge on any atom is -0.469 e. The van der Waals surface area contributed by atoms with Gasteiger partial charge < -0.3 is 14.2 Å². The minimum absolute atomic E-state index is 0.101. The molecule has 1 fully saturated rings. The van der Waals surface area contributed by atoms with Crippen LogP contribution in [0.4, 0.5) is 0 Å². The normalized spacial score (nSPS) is 19.6. The summed E-state index contributed by atoms with van der Waals surface area (Å²) in [5.74, 6) is -0.475. The van der Waals surface area contributed by atoms with Crippen LogP contribution in [0.3, 0.4) is 0 Å². The molecule has 1 amide bonds. The molecule has 0 saturated carbocycles. The van der Waals surface area contributed by atoms with Gasteiger partial charge in [0.05, 0.1) is 13.5 Å². The Bertz CT molecular complexity index is 416. The van der Waals surface area contributed by atoms with Gasteiger partial charge in [-0.3, -0.25) is 9.59 Å². The van der Waals surface area contributed by atoms with E-state index in [1.807, 2.05) is 0 Å². The van der Waals surface area contributed by atoms with E-state index in [0.717, 1.165) is 19.3 Å². The van der Waals surface area contributed by atoms with Crippen LogP contribution < -0.4 is 0 Å². The SMILES string of the molecule is COC(=O)CC1CCCCN1C(=O)c1ccon1. The van der Waals surface area contributed by atoms with Crippen molar-refractivity contribution in [2.45, 2.75) is 31.7 Å². The number of piperidine rings is 1. The number of amides is 1. The van der Waals surface area contributed by atoms with E-state index in [1.165, 1.54) is 19.4 Å². The van der Waals surface area contributed by atoms with Crippen molar-refractivity contribution in [1.82, 2.24) is 10.1 Å². The van der Waals surface area contributed by atoms with E-state index in [4.69, 9.17) is 0 Å². The molecule has 0 spiro atoms. The van der Waals surface area contributed by atoms with E-state index in [9.17, 15) is 9.59 Å². The van der Waals surface area contributed by atoms with Crippen LogP contribution >= 0.6 is 0 Å². The third-order valence-electron chi connectivity index (χ3n) is 3.17. The molecule has 1 unspecified atom stereocenters. The van der Waals surface area contributed by atoms with Crippen molar-refractivity contribution < 1.29 is 18.8 Å². The van der Waals surface area contributed by atoms with Crippen molar-refractivity contribution in [3.63, 3.8) is 0 Å². The number of methoxy groups -OCH3 is 1. The van der Waals surface area contributed by atoms with Crippen molar-refractivity contribution in [2.75, 3.05) is 13.7 Å². The first-order valence-corrected chi connectivity index (χ1v) is 6.00. The molecule has 0 bridgehead atoms. The number of rotatable bonds is 3. The number of hydrogen-bond donors (Lipinski definition) is 0. The number of likely N-dealkylation sites (tertiary alicyclic amines) is 1. The van der Waals surface area contributed by atoms with Crippen molar-refractivity contribution >= 4 is 11.9 Å². The highest BCUT2D eigenvalue weighted by atomic mass is 16.5. The molecule has 0 aromatic carbocycles. The van der Waals surface area contributed by atoms with Crippen molar-refractivity contribution in [1.29, 1.82) is 0 Å². The minimum atomic E-state index is -0.292. The second kappa shape index (κ2) is 5.66. The Morgan fingerprint density at radius 1 is 1.56 bits per heavy atom. The molecule has 2 heterocycles. The number of nitrogens with zero attached hydrogens (tertiary/aromatic N) is 2. The monoisotopic (exact) mass is 252 g/mol. The van der Waals surface area contributed by atoms with Gasteiger partial charge in [0.25, 0.3) is 5.91 Å². The van der Waals surface area contributed by atoms with Gasteiger partial charge >= 0.3 is 5.97 Å². The van der Waals surface area contributed by atoms with E-state index in [2.05, 4.69) is 14.4 Å². The van der Waals surface area contributed by atoms with Crippen LogP contribution in [-0.2, 0) is 9.53 Å². The van der Waals surface area contributed by atoms with Crippen molar-refractivity contribution in [2.24, 2.45) is 0 Å². The summed E-state index contributed by atoms with van der Waals surface area (Å²) in [4.78, 5) is 25.2. The van der Waals surface area contributed by atoms with Crippen LogP contribution in [0.5, 0.6) is 0 Å². The summed E-state index contributed by atoms with van der Waals surface area (Å²) in [5.41, 5.74) is 0.284. The van der Waals surface area contributed by atoms with E-state index in [1.54, 1.807) is 4.90 Å². The molecule has 1 aliphatic rings. The Balaban J connectivity index is 2.08. The largest absolute Gasteiger partial charge is 0.469 e. The lowest BCUT2D eigenvalue weighted by Crippen LogP contribution is -2.45. The average Bonchev–Trinajstić information content (AvgIpc) is 2.92. The van der Waals surface area contributed by atoms with Crippen molar-refractivity contribution in [3.05, 3.63) is 18.0 Å². The molecule has 6 nitrogen and oxygen atoms in total. The highest BCUT2D eigenvalue weighted by molar-refractivity contribution is 5.92. The van der Waals surface area contributed by atoms with E-state index < -0.39 is 0 Å². The predicted octanol–water partition coefficient (Wildman–Crippen LogP) is 1.23. The summed E-state index contributed by atoms with van der Waals surface area (Å²) in [6.07, 6.45) is 4.39. The van der Waals surface area contributed by atoms with Crippen LogP contribution in [0, 0.1) is 0 Å². The number of carbonyl (C=O) groups is 2. The molecule has 6 heteroatoms. The van der Waals surface area contributed by atoms with Gasteiger partial charge in [0.1, 0.15) is 6.26 Å². The molecule has 1 aromatic rings. The summed E-state index contributed by atoms with van der Waals surface area (Å²) in [5, 5.41) is 3.64. The maximum Gasteiger partial charge on any atom is 0.307 e. The zero-order valence-corrected chi connectivity index (χ0v) is 10.3. The molecule has 1 aliphatic heterocycles. The van der Waals surface area contributed by atoms with Gasteiger partial charge in [0.15, 0.2) is 5.69 Å². The Kier molecular flexibility index (Phi) is 3.96. The quantitative estimate of drug-likeness (QED) is 0.756. The second-order valence-electron chi connectivity index (χ2n) is 4.31. The van der Waals surface area contributed by atoms with Crippen molar-refractivity contribution in [3.8, 4) is 0 Å². The zero-order chi connectivity index (χ0) is 13.0. The zero-order valence-electron chi connectivity index (χ0n) is 10.3. The molecule has 1 aromatic heterocycles. The van der Waals surface area contributed by atoms with Crippen LogP contribution in [0.25, 0.3) is 0 Å². The maximum absolute atomic E-state index is 12.2.